The molecule has 1 fully saturated rings. The van der Waals surface area contributed by atoms with Gasteiger partial charge in [-0.1, -0.05) is 37.5 Å². The maximum absolute atomic E-state index is 12.6. The molecular formula is C23H25N3O3. The van der Waals surface area contributed by atoms with E-state index >= 15 is 0 Å². The smallest absolute Gasteiger partial charge is 0.271 e. The third kappa shape index (κ3) is 4.31. The van der Waals surface area contributed by atoms with Gasteiger partial charge in [-0.3, -0.25) is 9.59 Å². The van der Waals surface area contributed by atoms with Crippen molar-refractivity contribution in [2.75, 3.05) is 0 Å². The van der Waals surface area contributed by atoms with E-state index in [1.165, 1.54) is 6.42 Å². The number of hydrazone groups is 1. The Morgan fingerprint density at radius 3 is 2.45 bits per heavy atom. The maximum Gasteiger partial charge on any atom is 0.271 e. The molecule has 0 radical (unpaired) electrons. The average molecular weight is 391 g/mol. The van der Waals surface area contributed by atoms with E-state index in [1.54, 1.807) is 36.4 Å². The second-order valence-electron chi connectivity index (χ2n) is 7.70. The fraction of sp³-hybridized carbons (Fsp3) is 0.348. The Morgan fingerprint density at radius 1 is 0.931 bits per heavy atom. The van der Waals surface area contributed by atoms with Crippen molar-refractivity contribution in [3.63, 3.8) is 0 Å². The molecule has 3 N–H and O–H groups in total. The predicted octanol–water partition coefficient (Wildman–Crippen LogP) is 3.54. The first-order chi connectivity index (χ1) is 14.1. The van der Waals surface area contributed by atoms with Crippen LogP contribution in [0.25, 0.3) is 0 Å². The highest BCUT2D eigenvalue weighted by molar-refractivity contribution is 6.07. The number of phenols is 1. The molecule has 2 aliphatic carbocycles. The van der Waals surface area contributed by atoms with Crippen LogP contribution >= 0.6 is 0 Å². The van der Waals surface area contributed by atoms with Crippen LogP contribution in [0.2, 0.25) is 0 Å². The standard InChI is InChI=1S/C23H25N3O3/c27-20-11-5-6-15-12-13-19(21(15)20)25-26-23(29)17-8-4-7-16(14-17)22(28)24-18-9-2-1-3-10-18/h4-8,11,14,18,27H,1-3,9-10,12-13H2,(H,24,28)(H,26,29)/b25-19+. The van der Waals surface area contributed by atoms with Crippen molar-refractivity contribution >= 4 is 17.5 Å². The largest absolute Gasteiger partial charge is 0.507 e. The van der Waals surface area contributed by atoms with Crippen LogP contribution in [0.3, 0.4) is 0 Å². The minimum Gasteiger partial charge on any atom is -0.507 e. The zero-order valence-corrected chi connectivity index (χ0v) is 16.3. The number of nitrogens with zero attached hydrogens (tertiary/aromatic N) is 1. The van der Waals surface area contributed by atoms with E-state index in [0.29, 0.717) is 28.8 Å². The highest BCUT2D eigenvalue weighted by Gasteiger charge is 2.22. The zero-order valence-electron chi connectivity index (χ0n) is 16.3. The van der Waals surface area contributed by atoms with Gasteiger partial charge in [0.1, 0.15) is 5.75 Å². The lowest BCUT2D eigenvalue weighted by Gasteiger charge is -2.22. The van der Waals surface area contributed by atoms with Crippen molar-refractivity contribution in [1.29, 1.82) is 0 Å². The summed E-state index contributed by atoms with van der Waals surface area (Å²) in [5.74, 6) is -0.351. The molecule has 2 aromatic carbocycles. The lowest BCUT2D eigenvalue weighted by atomic mass is 9.95. The van der Waals surface area contributed by atoms with E-state index in [1.807, 2.05) is 6.07 Å². The molecule has 2 aromatic rings. The van der Waals surface area contributed by atoms with Gasteiger partial charge in [0, 0.05) is 22.7 Å². The van der Waals surface area contributed by atoms with E-state index in [-0.39, 0.29) is 23.6 Å². The number of aromatic hydroxyl groups is 1. The minimum absolute atomic E-state index is 0.146. The Morgan fingerprint density at radius 2 is 1.66 bits per heavy atom. The number of phenolic OH excluding ortho intramolecular Hbond substituents is 1. The van der Waals surface area contributed by atoms with Gasteiger partial charge in [0.15, 0.2) is 0 Å². The molecule has 0 aromatic heterocycles. The van der Waals surface area contributed by atoms with Gasteiger partial charge in [-0.25, -0.2) is 5.43 Å². The lowest BCUT2D eigenvalue weighted by molar-refractivity contribution is 0.0927. The van der Waals surface area contributed by atoms with Crippen LogP contribution in [0.1, 0.15) is 70.4 Å². The van der Waals surface area contributed by atoms with E-state index in [2.05, 4.69) is 15.8 Å². The molecule has 2 aliphatic rings. The van der Waals surface area contributed by atoms with E-state index in [9.17, 15) is 14.7 Å². The monoisotopic (exact) mass is 391 g/mol. The van der Waals surface area contributed by atoms with E-state index < -0.39 is 0 Å². The summed E-state index contributed by atoms with van der Waals surface area (Å²) in [6.07, 6.45) is 6.99. The van der Waals surface area contributed by atoms with Gasteiger partial charge >= 0.3 is 0 Å². The summed E-state index contributed by atoms with van der Waals surface area (Å²) in [6.45, 7) is 0. The molecule has 0 spiro atoms. The fourth-order valence-corrected chi connectivity index (χ4v) is 4.12. The van der Waals surface area contributed by atoms with Crippen LogP contribution in [0.15, 0.2) is 47.6 Å². The SMILES string of the molecule is O=C(N/N=C1\CCc2cccc(O)c21)c1cccc(C(=O)NC2CCCCC2)c1. The normalized spacial score (nSPS) is 17.7. The molecule has 2 amide bonds. The molecule has 0 saturated heterocycles. The van der Waals surface area contributed by atoms with Crippen LogP contribution in [0.4, 0.5) is 0 Å². The molecule has 29 heavy (non-hydrogen) atoms. The second kappa shape index (κ2) is 8.47. The topological polar surface area (TPSA) is 90.8 Å². The molecule has 0 heterocycles. The maximum atomic E-state index is 12.6. The van der Waals surface area contributed by atoms with Crippen LogP contribution in [0, 0.1) is 0 Å². The van der Waals surface area contributed by atoms with Crippen molar-refractivity contribution in [1.82, 2.24) is 10.7 Å². The van der Waals surface area contributed by atoms with Crippen LogP contribution in [-0.4, -0.2) is 28.7 Å². The first kappa shape index (κ1) is 19.2. The molecule has 0 atom stereocenters. The Labute approximate surface area is 170 Å². The number of carbonyl (C=O) groups is 2. The number of aryl methyl sites for hydroxylation is 1. The van der Waals surface area contributed by atoms with Gasteiger partial charge in [-0.15, -0.1) is 0 Å². The van der Waals surface area contributed by atoms with E-state index in [0.717, 1.165) is 37.7 Å². The first-order valence-corrected chi connectivity index (χ1v) is 10.2. The number of amides is 2. The minimum atomic E-state index is -0.381. The predicted molar refractivity (Wildman–Crippen MR) is 111 cm³/mol. The van der Waals surface area contributed by atoms with Crippen LogP contribution < -0.4 is 10.7 Å². The van der Waals surface area contributed by atoms with Gasteiger partial charge in [-0.05, 0) is 55.5 Å². The van der Waals surface area contributed by atoms with Crippen molar-refractivity contribution in [3.8, 4) is 5.75 Å². The summed E-state index contributed by atoms with van der Waals surface area (Å²) < 4.78 is 0. The molecule has 0 unspecified atom stereocenters. The number of nitrogens with one attached hydrogen (secondary N) is 2. The van der Waals surface area contributed by atoms with E-state index in [4.69, 9.17) is 0 Å². The summed E-state index contributed by atoms with van der Waals surface area (Å²) in [7, 11) is 0. The lowest BCUT2D eigenvalue weighted by Crippen LogP contribution is -2.36. The fourth-order valence-electron chi connectivity index (χ4n) is 4.12. The van der Waals surface area contributed by atoms with Gasteiger partial charge in [0.2, 0.25) is 0 Å². The first-order valence-electron chi connectivity index (χ1n) is 10.2. The molecule has 150 valence electrons. The third-order valence-corrected chi connectivity index (χ3v) is 5.67. The number of benzene rings is 2. The third-order valence-electron chi connectivity index (χ3n) is 5.67. The summed E-state index contributed by atoms with van der Waals surface area (Å²) >= 11 is 0. The number of hydrogen-bond acceptors (Lipinski definition) is 4. The Hall–Kier alpha value is -3.15. The second-order valence-corrected chi connectivity index (χ2v) is 7.70. The summed E-state index contributed by atoms with van der Waals surface area (Å²) in [5.41, 5.74) is 5.80. The molecule has 6 nitrogen and oxygen atoms in total. The van der Waals surface area contributed by atoms with Gasteiger partial charge < -0.3 is 10.4 Å². The van der Waals surface area contributed by atoms with Crippen molar-refractivity contribution < 1.29 is 14.7 Å². The number of fused-ring (bicyclic) bond motifs is 1. The van der Waals surface area contributed by atoms with Gasteiger partial charge in [0.05, 0.1) is 5.71 Å². The Kier molecular flexibility index (Phi) is 5.60. The molecule has 1 saturated carbocycles. The van der Waals surface area contributed by atoms with Crippen molar-refractivity contribution in [3.05, 3.63) is 64.7 Å². The van der Waals surface area contributed by atoms with Crippen molar-refractivity contribution in [2.45, 2.75) is 51.0 Å². The molecular weight excluding hydrogens is 366 g/mol. The average Bonchev–Trinajstić information content (AvgIpc) is 3.17. The number of hydrogen-bond donors (Lipinski definition) is 3. The van der Waals surface area contributed by atoms with Gasteiger partial charge in [0.25, 0.3) is 11.8 Å². The Balaban J connectivity index is 1.44. The highest BCUT2D eigenvalue weighted by atomic mass is 16.3. The molecule has 4 rings (SSSR count). The molecule has 0 bridgehead atoms. The zero-order chi connectivity index (χ0) is 20.2. The summed E-state index contributed by atoms with van der Waals surface area (Å²) in [4.78, 5) is 25.1. The molecule has 0 aliphatic heterocycles. The van der Waals surface area contributed by atoms with Crippen LogP contribution in [-0.2, 0) is 6.42 Å². The van der Waals surface area contributed by atoms with Crippen LogP contribution in [0.5, 0.6) is 5.75 Å². The Bertz CT molecular complexity index is 962. The number of rotatable bonds is 4. The van der Waals surface area contributed by atoms with Gasteiger partial charge in [-0.2, -0.15) is 5.10 Å². The molecule has 6 heteroatoms. The highest BCUT2D eigenvalue weighted by Crippen LogP contribution is 2.29. The summed E-state index contributed by atoms with van der Waals surface area (Å²) in [6, 6.07) is 12.3. The number of carbonyl (C=O) groups excluding carboxylic acids is 2. The van der Waals surface area contributed by atoms with Crippen molar-refractivity contribution in [2.24, 2.45) is 5.10 Å². The quantitative estimate of drug-likeness (QED) is 0.696. The summed E-state index contributed by atoms with van der Waals surface area (Å²) in [5, 5.41) is 17.4.